The van der Waals surface area contributed by atoms with Crippen molar-refractivity contribution in [2.75, 3.05) is 13.1 Å². The van der Waals surface area contributed by atoms with E-state index in [2.05, 4.69) is 10.6 Å². The van der Waals surface area contributed by atoms with Gasteiger partial charge in [-0.1, -0.05) is 31.0 Å². The predicted molar refractivity (Wildman–Crippen MR) is 93.6 cm³/mol. The highest BCUT2D eigenvalue weighted by atomic mass is 19.1. The summed E-state index contributed by atoms with van der Waals surface area (Å²) in [5.41, 5.74) is 0.411. The Balaban J connectivity index is 1.40. The molecule has 3 rings (SSSR count). The maximum atomic E-state index is 13.6. The molecule has 2 N–H and O–H groups in total. The van der Waals surface area contributed by atoms with E-state index in [4.69, 9.17) is 0 Å². The molecule has 2 aliphatic rings. The summed E-state index contributed by atoms with van der Waals surface area (Å²) in [6.07, 6.45) is 6.07. The van der Waals surface area contributed by atoms with E-state index in [0.29, 0.717) is 24.7 Å². The van der Waals surface area contributed by atoms with E-state index >= 15 is 0 Å². The second kappa shape index (κ2) is 8.32. The molecule has 0 unspecified atom stereocenters. The molecule has 0 bridgehead atoms. The fourth-order valence-electron chi connectivity index (χ4n) is 3.66. The van der Waals surface area contributed by atoms with Crippen LogP contribution in [0.3, 0.4) is 0 Å². The summed E-state index contributed by atoms with van der Waals surface area (Å²) < 4.78 is 13.6. The van der Waals surface area contributed by atoms with Gasteiger partial charge >= 0.3 is 6.03 Å². The third kappa shape index (κ3) is 4.94. The van der Waals surface area contributed by atoms with Crippen molar-refractivity contribution in [3.63, 3.8) is 0 Å². The van der Waals surface area contributed by atoms with Crippen LogP contribution in [0.2, 0.25) is 0 Å². The van der Waals surface area contributed by atoms with Gasteiger partial charge in [0.1, 0.15) is 5.82 Å². The first-order chi connectivity index (χ1) is 12.1. The Morgan fingerprint density at radius 3 is 2.32 bits per heavy atom. The summed E-state index contributed by atoms with van der Waals surface area (Å²) >= 11 is 0. The number of likely N-dealkylation sites (tertiary alicyclic amines) is 1. The zero-order chi connectivity index (χ0) is 17.6. The van der Waals surface area contributed by atoms with E-state index in [-0.39, 0.29) is 30.2 Å². The fraction of sp³-hybridized carbons (Fsp3) is 0.579. The van der Waals surface area contributed by atoms with Gasteiger partial charge < -0.3 is 15.5 Å². The lowest BCUT2D eigenvalue weighted by Crippen LogP contribution is -2.51. The first-order valence-electron chi connectivity index (χ1n) is 9.20. The number of hydrogen-bond donors (Lipinski definition) is 2. The van der Waals surface area contributed by atoms with Gasteiger partial charge in [-0.15, -0.1) is 0 Å². The number of urea groups is 1. The molecule has 5 nitrogen and oxygen atoms in total. The minimum absolute atomic E-state index is 0.0167. The molecule has 0 radical (unpaired) electrons. The molecule has 1 heterocycles. The lowest BCUT2D eigenvalue weighted by Gasteiger charge is -2.33. The maximum Gasteiger partial charge on any atom is 0.317 e. The quantitative estimate of drug-likeness (QED) is 0.879. The molecule has 0 spiro atoms. The molecule has 25 heavy (non-hydrogen) atoms. The molecule has 136 valence electrons. The monoisotopic (exact) mass is 347 g/mol. The summed E-state index contributed by atoms with van der Waals surface area (Å²) in [5, 5.41) is 6.06. The van der Waals surface area contributed by atoms with E-state index in [9.17, 15) is 14.0 Å². The van der Waals surface area contributed by atoms with E-state index in [1.165, 1.54) is 18.9 Å². The Labute approximate surface area is 148 Å². The number of amides is 3. The van der Waals surface area contributed by atoms with Crippen molar-refractivity contribution in [3.8, 4) is 0 Å². The maximum absolute atomic E-state index is 13.6. The van der Waals surface area contributed by atoms with Gasteiger partial charge in [-0.3, -0.25) is 4.79 Å². The third-order valence-electron chi connectivity index (χ3n) is 5.14. The van der Waals surface area contributed by atoms with Gasteiger partial charge in [-0.25, -0.2) is 9.18 Å². The van der Waals surface area contributed by atoms with E-state index in [1.54, 1.807) is 18.2 Å². The Morgan fingerprint density at radius 2 is 1.64 bits per heavy atom. The molecule has 2 fully saturated rings. The number of nitrogens with zero attached hydrogens (tertiary/aromatic N) is 1. The topological polar surface area (TPSA) is 61.4 Å². The average Bonchev–Trinajstić information content (AvgIpc) is 3.10. The number of piperidine rings is 1. The van der Waals surface area contributed by atoms with Crippen molar-refractivity contribution >= 4 is 11.9 Å². The van der Waals surface area contributed by atoms with Crippen LogP contribution < -0.4 is 10.6 Å². The zero-order valence-electron chi connectivity index (χ0n) is 14.5. The van der Waals surface area contributed by atoms with Gasteiger partial charge in [0.15, 0.2) is 0 Å². The number of rotatable bonds is 4. The number of benzene rings is 1. The van der Waals surface area contributed by atoms with Crippen LogP contribution in [0.5, 0.6) is 0 Å². The Kier molecular flexibility index (Phi) is 5.89. The summed E-state index contributed by atoms with van der Waals surface area (Å²) in [5.74, 6) is -0.519. The number of hydrogen-bond acceptors (Lipinski definition) is 2. The first kappa shape index (κ1) is 17.7. The van der Waals surface area contributed by atoms with Crippen LogP contribution in [0.25, 0.3) is 0 Å². The highest BCUT2D eigenvalue weighted by molar-refractivity contribution is 5.79. The van der Waals surface area contributed by atoms with Crippen molar-refractivity contribution in [3.05, 3.63) is 35.6 Å². The minimum atomic E-state index is -0.351. The molecule has 1 aliphatic carbocycles. The van der Waals surface area contributed by atoms with Crippen molar-refractivity contribution in [2.24, 2.45) is 0 Å². The zero-order valence-corrected chi connectivity index (χ0v) is 14.5. The largest absolute Gasteiger partial charge is 0.353 e. The van der Waals surface area contributed by atoms with Crippen molar-refractivity contribution in [1.29, 1.82) is 0 Å². The van der Waals surface area contributed by atoms with Crippen LogP contribution in [0.4, 0.5) is 9.18 Å². The molecule has 0 atom stereocenters. The molecule has 1 aromatic carbocycles. The number of halogens is 1. The van der Waals surface area contributed by atoms with E-state index < -0.39 is 0 Å². The molecule has 0 aromatic heterocycles. The van der Waals surface area contributed by atoms with Crippen LogP contribution in [0, 0.1) is 5.82 Å². The highest BCUT2D eigenvalue weighted by Crippen LogP contribution is 2.18. The van der Waals surface area contributed by atoms with Gasteiger partial charge in [0.25, 0.3) is 0 Å². The minimum Gasteiger partial charge on any atom is -0.353 e. The standard InChI is InChI=1S/C19H26FN3O2/c20-17-8-4-1-5-14(17)13-18(24)21-16-9-11-23(12-10-16)19(25)22-15-6-2-3-7-15/h1,4-5,8,15-16H,2-3,6-7,9-13H2,(H,21,24)(H,22,25). The summed E-state index contributed by atoms with van der Waals surface area (Å²) in [4.78, 5) is 26.2. The van der Waals surface area contributed by atoms with Crippen LogP contribution in [0.1, 0.15) is 44.1 Å². The van der Waals surface area contributed by atoms with E-state index in [1.807, 2.05) is 4.90 Å². The molecule has 3 amide bonds. The highest BCUT2D eigenvalue weighted by Gasteiger charge is 2.26. The lowest BCUT2D eigenvalue weighted by atomic mass is 10.0. The van der Waals surface area contributed by atoms with Crippen molar-refractivity contribution < 1.29 is 14.0 Å². The lowest BCUT2D eigenvalue weighted by molar-refractivity contribution is -0.121. The number of carbonyl (C=O) groups excluding carboxylic acids is 2. The molecule has 6 heteroatoms. The molecular formula is C19H26FN3O2. The molecule has 1 aliphatic heterocycles. The van der Waals surface area contributed by atoms with Crippen LogP contribution in [-0.2, 0) is 11.2 Å². The smallest absolute Gasteiger partial charge is 0.317 e. The second-order valence-electron chi connectivity index (χ2n) is 7.03. The van der Waals surface area contributed by atoms with Gasteiger partial charge in [-0.2, -0.15) is 0 Å². The molecule has 1 saturated carbocycles. The van der Waals surface area contributed by atoms with Gasteiger partial charge in [0.2, 0.25) is 5.91 Å². The normalized spacial score (nSPS) is 19.0. The summed E-state index contributed by atoms with van der Waals surface area (Å²) in [6.45, 7) is 1.28. The third-order valence-corrected chi connectivity index (χ3v) is 5.14. The SMILES string of the molecule is O=C(Cc1ccccc1F)NC1CCN(C(=O)NC2CCCC2)CC1. The molecule has 1 saturated heterocycles. The summed E-state index contributed by atoms with van der Waals surface area (Å²) in [7, 11) is 0. The van der Waals surface area contributed by atoms with Crippen molar-refractivity contribution in [1.82, 2.24) is 15.5 Å². The number of nitrogens with one attached hydrogen (secondary N) is 2. The molecular weight excluding hydrogens is 321 g/mol. The summed E-state index contributed by atoms with van der Waals surface area (Å²) in [6, 6.07) is 6.73. The average molecular weight is 347 g/mol. The van der Waals surface area contributed by atoms with Gasteiger partial charge in [0, 0.05) is 25.2 Å². The molecule has 1 aromatic rings. The van der Waals surface area contributed by atoms with Crippen LogP contribution in [-0.4, -0.2) is 42.0 Å². The predicted octanol–water partition coefficient (Wildman–Crippen LogP) is 2.60. The van der Waals surface area contributed by atoms with Crippen LogP contribution >= 0.6 is 0 Å². The Bertz CT molecular complexity index is 608. The van der Waals surface area contributed by atoms with E-state index in [0.717, 1.165) is 25.7 Å². The Hall–Kier alpha value is -2.11. The fourth-order valence-corrected chi connectivity index (χ4v) is 3.66. The van der Waals surface area contributed by atoms with Crippen LogP contribution in [0.15, 0.2) is 24.3 Å². The number of carbonyl (C=O) groups is 2. The van der Waals surface area contributed by atoms with Crippen molar-refractivity contribution in [2.45, 2.75) is 57.0 Å². The van der Waals surface area contributed by atoms with Gasteiger partial charge in [-0.05, 0) is 37.3 Å². The first-order valence-corrected chi connectivity index (χ1v) is 9.20. The Morgan fingerprint density at radius 1 is 1.00 bits per heavy atom. The second-order valence-corrected chi connectivity index (χ2v) is 7.03. The van der Waals surface area contributed by atoms with Gasteiger partial charge in [0.05, 0.1) is 6.42 Å².